The van der Waals surface area contributed by atoms with E-state index in [4.69, 9.17) is 23.2 Å². The van der Waals surface area contributed by atoms with E-state index < -0.39 is 10.0 Å². The van der Waals surface area contributed by atoms with Gasteiger partial charge in [-0.1, -0.05) is 23.2 Å². The van der Waals surface area contributed by atoms with Gasteiger partial charge in [-0.25, -0.2) is 8.42 Å². The summed E-state index contributed by atoms with van der Waals surface area (Å²) in [5, 5.41) is 10.0. The van der Waals surface area contributed by atoms with Gasteiger partial charge in [-0.2, -0.15) is 4.31 Å². The lowest BCUT2D eigenvalue weighted by atomic mass is 10.2. The van der Waals surface area contributed by atoms with Gasteiger partial charge in [0.25, 0.3) is 0 Å². The van der Waals surface area contributed by atoms with Gasteiger partial charge >= 0.3 is 0 Å². The number of hydrogen-bond donors (Lipinski definition) is 1. The second kappa shape index (κ2) is 5.97. The van der Waals surface area contributed by atoms with Gasteiger partial charge in [0.15, 0.2) is 0 Å². The number of aliphatic hydroxyl groups is 1. The lowest BCUT2D eigenvalue weighted by molar-refractivity contribution is 0.213. The topological polar surface area (TPSA) is 57.6 Å². The molecule has 1 atom stereocenters. The lowest BCUT2D eigenvalue weighted by Crippen LogP contribution is -2.38. The van der Waals surface area contributed by atoms with Gasteiger partial charge < -0.3 is 5.11 Å². The van der Waals surface area contributed by atoms with Crippen LogP contribution in [0.4, 0.5) is 0 Å². The minimum atomic E-state index is -3.45. The Labute approximate surface area is 123 Å². The van der Waals surface area contributed by atoms with Crippen molar-refractivity contribution in [2.24, 2.45) is 0 Å². The minimum absolute atomic E-state index is 0.143. The van der Waals surface area contributed by atoms with Crippen LogP contribution in [-0.4, -0.2) is 37.0 Å². The van der Waals surface area contributed by atoms with E-state index in [-0.39, 0.29) is 18.4 Å². The van der Waals surface area contributed by atoms with Crippen molar-refractivity contribution in [1.82, 2.24) is 4.31 Å². The molecule has 0 aromatic heterocycles. The first kappa shape index (κ1) is 15.1. The van der Waals surface area contributed by atoms with Crippen LogP contribution in [0.3, 0.4) is 0 Å². The van der Waals surface area contributed by atoms with Gasteiger partial charge in [0.2, 0.25) is 10.0 Å². The average molecular weight is 324 g/mol. The van der Waals surface area contributed by atoms with Crippen molar-refractivity contribution in [2.75, 3.05) is 13.2 Å². The number of hydrogen-bond acceptors (Lipinski definition) is 3. The molecule has 0 aliphatic carbocycles. The van der Waals surface area contributed by atoms with Crippen molar-refractivity contribution in [2.45, 2.75) is 24.6 Å². The Morgan fingerprint density at radius 1 is 1.26 bits per heavy atom. The van der Waals surface area contributed by atoms with Crippen molar-refractivity contribution in [1.29, 1.82) is 0 Å². The quantitative estimate of drug-likeness (QED) is 0.924. The summed E-state index contributed by atoms with van der Waals surface area (Å²) in [6.45, 7) is 0.317. The second-order valence-electron chi connectivity index (χ2n) is 4.62. The molecule has 0 unspecified atom stereocenters. The molecule has 0 amide bonds. The maximum atomic E-state index is 12.3. The molecular weight excluding hydrogens is 309 g/mol. The first-order chi connectivity index (χ1) is 8.92. The molecule has 7 heteroatoms. The monoisotopic (exact) mass is 323 g/mol. The zero-order valence-corrected chi connectivity index (χ0v) is 12.5. The highest BCUT2D eigenvalue weighted by Gasteiger charge is 2.33. The molecule has 1 fully saturated rings. The number of sulfonamides is 1. The molecular formula is C12H15Cl2NO3S. The molecule has 1 aliphatic heterocycles. The molecule has 1 aromatic rings. The van der Waals surface area contributed by atoms with E-state index in [1.165, 1.54) is 4.31 Å². The molecule has 0 saturated carbocycles. The molecule has 0 radical (unpaired) electrons. The SMILES string of the molecule is O=S(=O)(Cc1cc(Cl)cc(Cl)c1)N1CCC[C@@H]1CO. The fourth-order valence-corrected chi connectivity index (χ4v) is 4.70. The Kier molecular flexibility index (Phi) is 4.74. The zero-order chi connectivity index (χ0) is 14.0. The largest absolute Gasteiger partial charge is 0.395 e. The van der Waals surface area contributed by atoms with Crippen LogP contribution in [0.5, 0.6) is 0 Å². The molecule has 0 bridgehead atoms. The van der Waals surface area contributed by atoms with Gasteiger partial charge in [0.05, 0.1) is 12.4 Å². The molecule has 1 N–H and O–H groups in total. The van der Waals surface area contributed by atoms with Crippen LogP contribution in [0.1, 0.15) is 18.4 Å². The highest BCUT2D eigenvalue weighted by Crippen LogP contribution is 2.25. The van der Waals surface area contributed by atoms with E-state index in [1.807, 2.05) is 0 Å². The van der Waals surface area contributed by atoms with Gasteiger partial charge in [-0.15, -0.1) is 0 Å². The third-order valence-corrected chi connectivity index (χ3v) is 5.49. The molecule has 1 aliphatic rings. The van der Waals surface area contributed by atoms with Crippen LogP contribution in [0, 0.1) is 0 Å². The summed E-state index contributed by atoms with van der Waals surface area (Å²) in [5.74, 6) is -0.149. The van der Waals surface area contributed by atoms with Gasteiger partial charge in [0.1, 0.15) is 0 Å². The predicted octanol–water partition coefficient (Wildman–Crippen LogP) is 2.28. The van der Waals surface area contributed by atoms with Crippen LogP contribution in [0.15, 0.2) is 18.2 Å². The number of aliphatic hydroxyl groups excluding tert-OH is 1. The van der Waals surface area contributed by atoms with Crippen molar-refractivity contribution < 1.29 is 13.5 Å². The Hall–Kier alpha value is -0.330. The third-order valence-electron chi connectivity index (χ3n) is 3.16. The number of halogens is 2. The summed E-state index contributed by atoms with van der Waals surface area (Å²) >= 11 is 11.7. The summed E-state index contributed by atoms with van der Waals surface area (Å²) < 4.78 is 26.0. The Balaban J connectivity index is 2.21. The highest BCUT2D eigenvalue weighted by molar-refractivity contribution is 7.88. The normalized spacial score (nSPS) is 20.9. The van der Waals surface area contributed by atoms with Crippen LogP contribution in [-0.2, 0) is 15.8 Å². The van der Waals surface area contributed by atoms with Gasteiger partial charge in [-0.3, -0.25) is 0 Å². The van der Waals surface area contributed by atoms with Crippen molar-refractivity contribution in [3.8, 4) is 0 Å². The van der Waals surface area contributed by atoms with Crippen LogP contribution in [0.25, 0.3) is 0 Å². The molecule has 2 rings (SSSR count). The van der Waals surface area contributed by atoms with Crippen LogP contribution >= 0.6 is 23.2 Å². The van der Waals surface area contributed by atoms with Crippen molar-refractivity contribution in [3.63, 3.8) is 0 Å². The maximum Gasteiger partial charge on any atom is 0.218 e. The maximum absolute atomic E-state index is 12.3. The first-order valence-electron chi connectivity index (χ1n) is 5.98. The van der Waals surface area contributed by atoms with Gasteiger partial charge in [-0.05, 0) is 36.6 Å². The summed E-state index contributed by atoms with van der Waals surface area (Å²) in [6.07, 6.45) is 1.48. The molecule has 1 heterocycles. The summed E-state index contributed by atoms with van der Waals surface area (Å²) in [7, 11) is -3.45. The smallest absolute Gasteiger partial charge is 0.218 e. The second-order valence-corrected chi connectivity index (χ2v) is 7.42. The predicted molar refractivity (Wildman–Crippen MR) is 75.9 cm³/mol. The lowest BCUT2D eigenvalue weighted by Gasteiger charge is -2.22. The Bertz CT molecular complexity index is 542. The van der Waals surface area contributed by atoms with Crippen molar-refractivity contribution >= 4 is 33.2 Å². The number of benzene rings is 1. The average Bonchev–Trinajstić information content (AvgIpc) is 2.75. The highest BCUT2D eigenvalue weighted by atomic mass is 35.5. The first-order valence-corrected chi connectivity index (χ1v) is 8.34. The van der Waals surface area contributed by atoms with E-state index in [2.05, 4.69) is 0 Å². The van der Waals surface area contributed by atoms with E-state index >= 15 is 0 Å². The number of rotatable bonds is 4. The third kappa shape index (κ3) is 3.61. The summed E-state index contributed by atoms with van der Waals surface area (Å²) in [5.41, 5.74) is 0.557. The molecule has 1 aromatic carbocycles. The van der Waals surface area contributed by atoms with Gasteiger partial charge in [0, 0.05) is 22.6 Å². The summed E-state index contributed by atoms with van der Waals surface area (Å²) in [6, 6.07) is 4.44. The van der Waals surface area contributed by atoms with E-state index in [9.17, 15) is 13.5 Å². The fourth-order valence-electron chi connectivity index (χ4n) is 2.35. The molecule has 0 spiro atoms. The molecule has 4 nitrogen and oxygen atoms in total. The standard InChI is InChI=1S/C12H15Cl2NO3S/c13-10-4-9(5-11(14)6-10)8-19(17,18)15-3-1-2-12(15)7-16/h4-6,12,16H,1-3,7-8H2/t12-/m1/s1. The molecule has 106 valence electrons. The van der Waals surface area contributed by atoms with E-state index in [1.54, 1.807) is 18.2 Å². The zero-order valence-electron chi connectivity index (χ0n) is 10.2. The van der Waals surface area contributed by atoms with E-state index in [0.29, 0.717) is 28.6 Å². The van der Waals surface area contributed by atoms with Crippen LogP contribution < -0.4 is 0 Å². The molecule has 1 saturated heterocycles. The minimum Gasteiger partial charge on any atom is -0.395 e. The number of nitrogens with zero attached hydrogens (tertiary/aromatic N) is 1. The Morgan fingerprint density at radius 2 is 1.89 bits per heavy atom. The molecule has 19 heavy (non-hydrogen) atoms. The summed E-state index contributed by atoms with van der Waals surface area (Å²) in [4.78, 5) is 0. The van der Waals surface area contributed by atoms with E-state index in [0.717, 1.165) is 6.42 Å². The fraction of sp³-hybridized carbons (Fsp3) is 0.500. The Morgan fingerprint density at radius 3 is 2.47 bits per heavy atom. The van der Waals surface area contributed by atoms with Crippen LogP contribution in [0.2, 0.25) is 10.0 Å². The van der Waals surface area contributed by atoms with Crippen molar-refractivity contribution in [3.05, 3.63) is 33.8 Å².